The topological polar surface area (TPSA) is 60.2 Å². The number of hydrogen-bond donors (Lipinski definition) is 2. The highest BCUT2D eigenvalue weighted by atomic mass is 19.1. The lowest BCUT2D eigenvalue weighted by molar-refractivity contribution is 0.182. The maximum Gasteiger partial charge on any atom is 0.149 e. The van der Waals surface area contributed by atoms with Crippen molar-refractivity contribution in [1.82, 2.24) is 4.98 Å². The molecule has 0 amide bonds. The van der Waals surface area contributed by atoms with Gasteiger partial charge in [0.15, 0.2) is 0 Å². The quantitative estimate of drug-likeness (QED) is 0.650. The maximum atomic E-state index is 14.0. The minimum Gasteiger partial charge on any atom is -0.378 e. The molecule has 2 aromatic rings. The summed E-state index contributed by atoms with van der Waals surface area (Å²) in [6.45, 7) is 1.68. The van der Waals surface area contributed by atoms with Crippen LogP contribution in [0.1, 0.15) is 11.3 Å². The van der Waals surface area contributed by atoms with Gasteiger partial charge in [0.25, 0.3) is 0 Å². The van der Waals surface area contributed by atoms with E-state index in [0.717, 1.165) is 6.07 Å². The molecule has 0 aliphatic rings. The molecule has 0 aliphatic heterocycles. The molecule has 0 atom stereocenters. The van der Waals surface area contributed by atoms with Crippen LogP contribution in [-0.4, -0.2) is 12.1 Å². The third-order valence-corrected chi connectivity index (χ3v) is 2.66. The average Bonchev–Trinajstić information content (AvgIpc) is 2.35. The van der Waals surface area contributed by atoms with Gasteiger partial charge in [-0.15, -0.1) is 0 Å². The van der Waals surface area contributed by atoms with E-state index in [1.54, 1.807) is 0 Å². The van der Waals surface area contributed by atoms with Crippen LogP contribution in [0.4, 0.5) is 14.5 Å². The van der Waals surface area contributed by atoms with Crippen molar-refractivity contribution in [1.29, 1.82) is 0 Å². The molecule has 0 radical (unpaired) electrons. The number of aromatic nitrogens is 1. The standard InChI is InChI=1S/C12H13F2N3O/c1-6-3-8(13)12-10(11(6)14)9(17-15)4-7(16-12)5-18-2/h3-4H,5,15H2,1-2H3,(H,16,17). The average molecular weight is 253 g/mol. The molecule has 0 bridgehead atoms. The molecule has 0 unspecified atom stereocenters. The van der Waals surface area contributed by atoms with Crippen LogP contribution in [0.3, 0.4) is 0 Å². The summed E-state index contributed by atoms with van der Waals surface area (Å²) in [4.78, 5) is 4.04. The Labute approximate surface area is 103 Å². The Balaban J connectivity index is 2.82. The number of nitrogen functional groups attached to an aromatic ring is 1. The van der Waals surface area contributed by atoms with Gasteiger partial charge in [-0.25, -0.2) is 13.8 Å². The van der Waals surface area contributed by atoms with Crippen molar-refractivity contribution in [3.05, 3.63) is 35.0 Å². The van der Waals surface area contributed by atoms with Gasteiger partial charge in [-0.3, -0.25) is 5.84 Å². The Morgan fingerprint density at radius 2 is 2.11 bits per heavy atom. The van der Waals surface area contributed by atoms with Crippen LogP contribution >= 0.6 is 0 Å². The monoisotopic (exact) mass is 253 g/mol. The number of nitrogens with one attached hydrogen (secondary N) is 1. The lowest BCUT2D eigenvalue weighted by Crippen LogP contribution is -2.10. The van der Waals surface area contributed by atoms with E-state index in [2.05, 4.69) is 10.4 Å². The lowest BCUT2D eigenvalue weighted by Gasteiger charge is -2.11. The van der Waals surface area contributed by atoms with Gasteiger partial charge >= 0.3 is 0 Å². The van der Waals surface area contributed by atoms with E-state index in [1.165, 1.54) is 20.1 Å². The largest absolute Gasteiger partial charge is 0.378 e. The summed E-state index contributed by atoms with van der Waals surface area (Å²) in [6.07, 6.45) is 0. The Kier molecular flexibility index (Phi) is 3.40. The second-order valence-electron chi connectivity index (χ2n) is 3.95. The number of ether oxygens (including phenoxy) is 1. The van der Waals surface area contributed by atoms with Crippen molar-refractivity contribution < 1.29 is 13.5 Å². The van der Waals surface area contributed by atoms with Gasteiger partial charge in [-0.05, 0) is 24.6 Å². The summed E-state index contributed by atoms with van der Waals surface area (Å²) in [5.74, 6) is 4.23. The van der Waals surface area contributed by atoms with Gasteiger partial charge in [-0.2, -0.15) is 0 Å². The van der Waals surface area contributed by atoms with Gasteiger partial charge in [0.1, 0.15) is 17.2 Å². The van der Waals surface area contributed by atoms with Crippen molar-refractivity contribution in [2.45, 2.75) is 13.5 Å². The van der Waals surface area contributed by atoms with E-state index >= 15 is 0 Å². The van der Waals surface area contributed by atoms with Crippen LogP contribution in [0.5, 0.6) is 0 Å². The number of rotatable bonds is 3. The fourth-order valence-electron chi connectivity index (χ4n) is 1.85. The lowest BCUT2D eigenvalue weighted by atomic mass is 10.1. The van der Waals surface area contributed by atoms with Gasteiger partial charge in [0.05, 0.1) is 23.4 Å². The van der Waals surface area contributed by atoms with E-state index in [1.807, 2.05) is 0 Å². The number of aryl methyl sites for hydroxylation is 1. The summed E-state index contributed by atoms with van der Waals surface area (Å²) in [6, 6.07) is 2.65. The fourth-order valence-corrected chi connectivity index (χ4v) is 1.85. The van der Waals surface area contributed by atoms with Crippen molar-refractivity contribution in [3.63, 3.8) is 0 Å². The number of hydrogen-bond acceptors (Lipinski definition) is 4. The van der Waals surface area contributed by atoms with Gasteiger partial charge in [0.2, 0.25) is 0 Å². The van der Waals surface area contributed by atoms with E-state index in [9.17, 15) is 8.78 Å². The molecule has 18 heavy (non-hydrogen) atoms. The van der Waals surface area contributed by atoms with Crippen molar-refractivity contribution in [2.24, 2.45) is 5.84 Å². The van der Waals surface area contributed by atoms with Crippen LogP contribution in [0.15, 0.2) is 12.1 Å². The zero-order valence-electron chi connectivity index (χ0n) is 10.1. The van der Waals surface area contributed by atoms with Gasteiger partial charge in [-0.1, -0.05) is 0 Å². The summed E-state index contributed by atoms with van der Waals surface area (Å²) in [7, 11) is 1.49. The summed E-state index contributed by atoms with van der Waals surface area (Å²) in [5.41, 5.74) is 3.27. The van der Waals surface area contributed by atoms with Crippen molar-refractivity contribution >= 4 is 16.6 Å². The molecule has 3 N–H and O–H groups in total. The van der Waals surface area contributed by atoms with Crippen LogP contribution in [-0.2, 0) is 11.3 Å². The third kappa shape index (κ3) is 2.00. The van der Waals surface area contributed by atoms with E-state index in [-0.39, 0.29) is 28.8 Å². The molecule has 4 nitrogen and oxygen atoms in total. The Hall–Kier alpha value is -1.79. The SMILES string of the molecule is COCc1cc(NN)c2c(F)c(C)cc(F)c2n1. The molecule has 0 aliphatic carbocycles. The molecule has 6 heteroatoms. The molecule has 0 saturated heterocycles. The summed E-state index contributed by atoms with van der Waals surface area (Å²) < 4.78 is 32.8. The highest BCUT2D eigenvalue weighted by Crippen LogP contribution is 2.29. The number of halogens is 2. The zero-order valence-corrected chi connectivity index (χ0v) is 10.1. The van der Waals surface area contributed by atoms with E-state index in [0.29, 0.717) is 5.69 Å². The second-order valence-corrected chi connectivity index (χ2v) is 3.95. The highest BCUT2D eigenvalue weighted by Gasteiger charge is 2.16. The van der Waals surface area contributed by atoms with Crippen LogP contribution in [0.25, 0.3) is 10.9 Å². The van der Waals surface area contributed by atoms with Crippen molar-refractivity contribution in [3.8, 4) is 0 Å². The Bertz CT molecular complexity index is 602. The number of fused-ring (bicyclic) bond motifs is 1. The smallest absolute Gasteiger partial charge is 0.149 e. The number of methoxy groups -OCH3 is 1. The van der Waals surface area contributed by atoms with Crippen molar-refractivity contribution in [2.75, 3.05) is 12.5 Å². The van der Waals surface area contributed by atoms with E-state index < -0.39 is 11.6 Å². The third-order valence-electron chi connectivity index (χ3n) is 2.66. The van der Waals surface area contributed by atoms with Crippen LogP contribution in [0, 0.1) is 18.6 Å². The number of anilines is 1. The van der Waals surface area contributed by atoms with Gasteiger partial charge < -0.3 is 10.2 Å². The first-order valence-electron chi connectivity index (χ1n) is 5.32. The number of nitrogens with zero attached hydrogens (tertiary/aromatic N) is 1. The highest BCUT2D eigenvalue weighted by molar-refractivity contribution is 5.92. The van der Waals surface area contributed by atoms with Crippen LogP contribution in [0.2, 0.25) is 0 Å². The second kappa shape index (κ2) is 4.83. The molecule has 1 aromatic carbocycles. The molecular weight excluding hydrogens is 240 g/mol. The molecule has 96 valence electrons. The normalized spacial score (nSPS) is 10.9. The molecule has 0 fully saturated rings. The first kappa shape index (κ1) is 12.7. The minimum atomic E-state index is -0.585. The first-order chi connectivity index (χ1) is 8.58. The summed E-state index contributed by atoms with van der Waals surface area (Å²) in [5, 5.41) is 0.0508. The van der Waals surface area contributed by atoms with Gasteiger partial charge in [0, 0.05) is 7.11 Å². The Morgan fingerprint density at radius 3 is 2.72 bits per heavy atom. The summed E-state index contributed by atoms with van der Waals surface area (Å²) >= 11 is 0. The minimum absolute atomic E-state index is 0.0508. The molecule has 1 heterocycles. The zero-order chi connectivity index (χ0) is 13.3. The van der Waals surface area contributed by atoms with E-state index in [4.69, 9.17) is 10.6 Å². The molecular formula is C12H13F2N3O. The predicted molar refractivity (Wildman–Crippen MR) is 64.9 cm³/mol. The fraction of sp³-hybridized carbons (Fsp3) is 0.250. The first-order valence-corrected chi connectivity index (χ1v) is 5.32. The van der Waals surface area contributed by atoms with Crippen LogP contribution < -0.4 is 11.3 Å². The number of pyridine rings is 1. The predicted octanol–water partition coefficient (Wildman–Crippen LogP) is 2.25. The Morgan fingerprint density at radius 1 is 1.39 bits per heavy atom. The number of hydrazine groups is 1. The molecule has 2 rings (SSSR count). The number of benzene rings is 1. The molecule has 1 aromatic heterocycles. The number of nitrogens with two attached hydrogens (primary N) is 1. The maximum absolute atomic E-state index is 14.0. The molecule has 0 saturated carbocycles. The molecule has 0 spiro atoms.